The van der Waals surface area contributed by atoms with Gasteiger partial charge in [0.15, 0.2) is 20.0 Å². The van der Waals surface area contributed by atoms with Crippen LogP contribution in [0, 0.1) is 0 Å². The Labute approximate surface area is 123 Å². The molecule has 0 aromatic rings. The summed E-state index contributed by atoms with van der Waals surface area (Å²) in [5.41, 5.74) is -8.68. The number of halogens is 6. The second-order valence-corrected chi connectivity index (χ2v) is 7.35. The molecule has 0 aromatic carbocycles. The summed E-state index contributed by atoms with van der Waals surface area (Å²) in [7, 11) is -9.28. The second-order valence-electron chi connectivity index (χ2n) is 3.93. The van der Waals surface area contributed by atoms with Crippen LogP contribution in [0.1, 0.15) is 6.42 Å². The summed E-state index contributed by atoms with van der Waals surface area (Å²) in [6, 6.07) is 0. The number of hydrogen-bond acceptors (Lipinski definition) is 5. The van der Waals surface area contributed by atoms with E-state index in [2.05, 4.69) is 24.7 Å². The van der Waals surface area contributed by atoms with Gasteiger partial charge in [0.1, 0.15) is 0 Å². The molecule has 136 valence electrons. The Kier molecular flexibility index (Phi) is 8.89. The molecule has 0 saturated heterocycles. The summed E-state index contributed by atoms with van der Waals surface area (Å²) in [6.07, 6.45) is 1.22. The molecule has 0 unspecified atom stereocenters. The van der Waals surface area contributed by atoms with Crippen LogP contribution in [0.2, 0.25) is 0 Å². The van der Waals surface area contributed by atoms with E-state index < -0.39 is 31.1 Å². The predicted octanol–water partition coefficient (Wildman–Crippen LogP) is 0.239. The predicted molar refractivity (Wildman–Crippen MR) is 64.2 cm³/mol. The first-order valence-electron chi connectivity index (χ1n) is 5.28. The zero-order valence-corrected chi connectivity index (χ0v) is 13.1. The van der Waals surface area contributed by atoms with Gasteiger partial charge in [-0.2, -0.15) is 26.3 Å². The average Bonchev–Trinajstić information content (AvgIpc) is 2.22. The van der Waals surface area contributed by atoms with Gasteiger partial charge in [0.05, 0.1) is 6.54 Å². The van der Waals surface area contributed by atoms with Crippen LogP contribution in [0.5, 0.6) is 0 Å². The molecule has 0 heterocycles. The normalized spacial score (nSPS) is 13.7. The van der Waals surface area contributed by atoms with Crippen molar-refractivity contribution in [1.82, 2.24) is 4.90 Å². The minimum Gasteiger partial charge on any atom is -0.421 e. The van der Waals surface area contributed by atoms with E-state index in [4.69, 9.17) is 0 Å². The minimum absolute atomic E-state index is 0.778. The molecule has 22 heavy (non-hydrogen) atoms. The third-order valence-corrected chi connectivity index (χ3v) is 4.38. The third-order valence-electron chi connectivity index (χ3n) is 1.64. The van der Waals surface area contributed by atoms with Crippen LogP contribution < -0.4 is 5.73 Å². The molecule has 0 saturated carbocycles. The lowest BCUT2D eigenvalue weighted by Gasteiger charge is -2.22. The Morgan fingerprint density at radius 2 is 1.23 bits per heavy atom. The van der Waals surface area contributed by atoms with Gasteiger partial charge < -0.3 is 14.8 Å². The number of hydrogen-bond donors (Lipinski definition) is 1. The topological polar surface area (TPSA) is 113 Å². The molecule has 15 heteroatoms. The van der Waals surface area contributed by atoms with Gasteiger partial charge in [-0.15, -0.1) is 0 Å². The lowest BCUT2D eigenvalue weighted by Crippen LogP contribution is -2.50. The fourth-order valence-corrected chi connectivity index (χ4v) is 2.35. The highest BCUT2D eigenvalue weighted by atomic mass is 32.3. The molecule has 7 nitrogen and oxygen atoms in total. The zero-order chi connectivity index (χ0) is 18.4. The highest BCUT2D eigenvalue weighted by Crippen LogP contribution is 2.36. The van der Waals surface area contributed by atoms with E-state index in [1.54, 1.807) is 0 Å². The Morgan fingerprint density at radius 3 is 1.36 bits per heavy atom. The Hall–Kier alpha value is -0.640. The van der Waals surface area contributed by atoms with E-state index >= 15 is 0 Å². The van der Waals surface area contributed by atoms with Crippen LogP contribution in [0.25, 0.3) is 4.13 Å². The first-order chi connectivity index (χ1) is 9.48. The van der Waals surface area contributed by atoms with E-state index in [0.29, 0.717) is 0 Å². The van der Waals surface area contributed by atoms with Crippen LogP contribution in [-0.2, 0) is 20.0 Å². The number of nitrogens with zero attached hydrogens (tertiary/aromatic N) is 2. The third kappa shape index (κ3) is 8.72. The molecule has 0 rings (SSSR count). The van der Waals surface area contributed by atoms with E-state index in [-0.39, 0.29) is 0 Å². The molecule has 0 atom stereocenters. The quantitative estimate of drug-likeness (QED) is 0.684. The van der Waals surface area contributed by atoms with Crippen molar-refractivity contribution in [3.8, 4) is 0 Å². The Balaban J connectivity index is 0. The molecule has 3 N–H and O–H groups in total. The molecule has 0 aliphatic rings. The maximum atomic E-state index is 11.4. The molecule has 0 aromatic heterocycles. The summed E-state index contributed by atoms with van der Waals surface area (Å²) in [5, 5.41) is 0. The van der Waals surface area contributed by atoms with Gasteiger partial charge in [-0.3, -0.25) is 0 Å². The maximum absolute atomic E-state index is 11.4. The van der Waals surface area contributed by atoms with Gasteiger partial charge >= 0.3 is 11.0 Å². The number of sulfonamides is 2. The fraction of sp³-hybridized carbons (Fsp3) is 1.00. The van der Waals surface area contributed by atoms with E-state index in [9.17, 15) is 43.2 Å². The Bertz CT molecular complexity index is 483. The largest absolute Gasteiger partial charge is 0.480 e. The van der Waals surface area contributed by atoms with Crippen LogP contribution >= 0.6 is 0 Å². The van der Waals surface area contributed by atoms with Crippen molar-refractivity contribution in [2.75, 3.05) is 27.2 Å². The summed E-state index contributed by atoms with van der Waals surface area (Å²) < 4.78 is 109. The minimum atomic E-state index is -6.72. The standard InChI is InChI=1S/C5H14N2.C2F6NO4S2/c1-7(2)5-3-4-6;3-1(4,5)14(10,11)9-15(12,13)2(6,7)8/h3-6H2,1-2H3;/q;-1/p+1. The van der Waals surface area contributed by atoms with Crippen molar-refractivity contribution in [1.29, 1.82) is 0 Å². The maximum Gasteiger partial charge on any atom is 0.480 e. The lowest BCUT2D eigenvalue weighted by molar-refractivity contribution is -0.368. The van der Waals surface area contributed by atoms with Crippen molar-refractivity contribution in [2.24, 2.45) is 0 Å². The SMILES string of the molecule is CN(C)CCC[NH3+].O=S(=O)([N-]S(=O)(=O)C(F)(F)F)C(F)(F)F. The molecular weight excluding hydrogens is 368 g/mol. The van der Waals surface area contributed by atoms with Crippen molar-refractivity contribution >= 4 is 20.0 Å². The number of quaternary nitrogens is 1. The fourth-order valence-electron chi connectivity index (χ4n) is 0.642. The van der Waals surface area contributed by atoms with Gasteiger partial charge in [0, 0.05) is 13.0 Å². The van der Waals surface area contributed by atoms with Gasteiger partial charge in [-0.25, -0.2) is 16.8 Å². The first-order valence-corrected chi connectivity index (χ1v) is 8.16. The molecule has 0 bridgehead atoms. The summed E-state index contributed by atoms with van der Waals surface area (Å²) >= 11 is 0. The van der Waals surface area contributed by atoms with E-state index in [0.717, 1.165) is 10.7 Å². The van der Waals surface area contributed by atoms with E-state index in [1.807, 2.05) is 0 Å². The van der Waals surface area contributed by atoms with E-state index in [1.165, 1.54) is 13.0 Å². The molecule has 0 fully saturated rings. The zero-order valence-electron chi connectivity index (χ0n) is 11.4. The molecule has 0 aliphatic heterocycles. The lowest BCUT2D eigenvalue weighted by atomic mass is 10.4. The van der Waals surface area contributed by atoms with Gasteiger partial charge in [0.25, 0.3) is 0 Å². The van der Waals surface area contributed by atoms with Crippen molar-refractivity contribution < 1.29 is 48.9 Å². The van der Waals surface area contributed by atoms with Crippen molar-refractivity contribution in [2.45, 2.75) is 17.4 Å². The van der Waals surface area contributed by atoms with Crippen molar-refractivity contribution in [3.63, 3.8) is 0 Å². The average molecular weight is 383 g/mol. The van der Waals surface area contributed by atoms with Crippen LogP contribution in [0.15, 0.2) is 0 Å². The van der Waals surface area contributed by atoms with Crippen LogP contribution in [0.3, 0.4) is 0 Å². The summed E-state index contributed by atoms with van der Waals surface area (Å²) in [5.74, 6) is 0. The Morgan fingerprint density at radius 1 is 0.909 bits per heavy atom. The molecule has 0 radical (unpaired) electrons. The van der Waals surface area contributed by atoms with Crippen LogP contribution in [-0.4, -0.2) is 59.9 Å². The smallest absolute Gasteiger partial charge is 0.421 e. The molecule has 0 amide bonds. The van der Waals surface area contributed by atoms with Crippen LogP contribution in [0.4, 0.5) is 26.3 Å². The number of rotatable bonds is 5. The number of alkyl halides is 6. The second kappa shape index (κ2) is 8.28. The van der Waals surface area contributed by atoms with Gasteiger partial charge in [-0.1, -0.05) is 0 Å². The molecule has 0 aliphatic carbocycles. The highest BCUT2D eigenvalue weighted by Gasteiger charge is 2.46. The molecular formula is C7H15F6N3O4S2. The van der Waals surface area contributed by atoms with Gasteiger partial charge in [-0.05, 0) is 14.1 Å². The first kappa shape index (κ1) is 23.6. The molecule has 0 spiro atoms. The summed E-state index contributed by atoms with van der Waals surface area (Å²) in [6.45, 7) is 2.22. The van der Waals surface area contributed by atoms with Gasteiger partial charge in [0.2, 0.25) is 0 Å². The van der Waals surface area contributed by atoms with Crippen molar-refractivity contribution in [3.05, 3.63) is 4.13 Å². The monoisotopic (exact) mass is 383 g/mol. The highest BCUT2D eigenvalue weighted by molar-refractivity contribution is 8.13. The summed E-state index contributed by atoms with van der Waals surface area (Å²) in [4.78, 5) is 2.17.